The monoisotopic (exact) mass is 186 g/mol. The first kappa shape index (κ1) is 10.5. The molecule has 2 unspecified atom stereocenters. The summed E-state index contributed by atoms with van der Waals surface area (Å²) in [6.07, 6.45) is 1.68. The van der Waals surface area contributed by atoms with Gasteiger partial charge < -0.3 is 10.2 Å². The summed E-state index contributed by atoms with van der Waals surface area (Å²) < 4.78 is 0. The molecular weight excluding hydrogens is 168 g/mol. The van der Waals surface area contributed by atoms with Gasteiger partial charge >= 0.3 is 5.97 Å². The average Bonchev–Trinajstić information content (AvgIpc) is 2.13. The van der Waals surface area contributed by atoms with E-state index in [1.54, 1.807) is 0 Å². The number of rotatable bonds is 2. The van der Waals surface area contributed by atoms with Crippen LogP contribution in [0.4, 0.5) is 0 Å². The van der Waals surface area contributed by atoms with E-state index in [0.717, 1.165) is 12.8 Å². The molecule has 1 aliphatic carbocycles. The molecule has 1 fully saturated rings. The van der Waals surface area contributed by atoms with Crippen LogP contribution in [0.15, 0.2) is 0 Å². The summed E-state index contributed by atoms with van der Waals surface area (Å²) in [6.45, 7) is 5.82. The molecule has 0 aromatic heterocycles. The summed E-state index contributed by atoms with van der Waals surface area (Å²) in [5.41, 5.74) is -1.30. The van der Waals surface area contributed by atoms with Crippen molar-refractivity contribution in [1.29, 1.82) is 0 Å². The highest BCUT2D eigenvalue weighted by Gasteiger charge is 2.53. The van der Waals surface area contributed by atoms with Crippen molar-refractivity contribution >= 4 is 5.97 Å². The molecule has 2 atom stereocenters. The van der Waals surface area contributed by atoms with Gasteiger partial charge in [-0.2, -0.15) is 0 Å². The zero-order valence-electron chi connectivity index (χ0n) is 8.50. The molecule has 76 valence electrons. The van der Waals surface area contributed by atoms with Gasteiger partial charge in [-0.05, 0) is 24.2 Å². The van der Waals surface area contributed by atoms with E-state index < -0.39 is 11.6 Å². The van der Waals surface area contributed by atoms with Crippen LogP contribution in [0, 0.1) is 11.3 Å². The van der Waals surface area contributed by atoms with Gasteiger partial charge in [0.2, 0.25) is 0 Å². The number of aliphatic hydroxyl groups is 1. The first-order valence-electron chi connectivity index (χ1n) is 4.74. The molecule has 3 nitrogen and oxygen atoms in total. The third-order valence-corrected chi connectivity index (χ3v) is 3.61. The van der Waals surface area contributed by atoms with Crippen LogP contribution in [0.2, 0.25) is 0 Å². The van der Waals surface area contributed by atoms with Crippen molar-refractivity contribution < 1.29 is 15.0 Å². The molecule has 0 radical (unpaired) electrons. The number of carboxylic acid groups (broad SMARTS) is 1. The van der Waals surface area contributed by atoms with Crippen molar-refractivity contribution in [1.82, 2.24) is 0 Å². The number of hydrogen-bond donors (Lipinski definition) is 2. The topological polar surface area (TPSA) is 57.5 Å². The standard InChI is InChI=1S/C10H18O3/c1-7-4-5-9(2,3)10(7,13)6-8(11)12/h7,13H,4-6H2,1-3H3,(H,11,12). The first-order valence-corrected chi connectivity index (χ1v) is 4.74. The summed E-state index contributed by atoms with van der Waals surface area (Å²) in [6, 6.07) is 0. The van der Waals surface area contributed by atoms with Gasteiger partial charge in [0.25, 0.3) is 0 Å². The van der Waals surface area contributed by atoms with E-state index in [1.807, 2.05) is 20.8 Å². The SMILES string of the molecule is CC1CCC(C)(C)C1(O)CC(=O)O. The van der Waals surface area contributed by atoms with Gasteiger partial charge in [-0.1, -0.05) is 20.8 Å². The predicted molar refractivity (Wildman–Crippen MR) is 49.4 cm³/mol. The number of carbonyl (C=O) groups is 1. The highest BCUT2D eigenvalue weighted by molar-refractivity contribution is 5.68. The van der Waals surface area contributed by atoms with E-state index in [2.05, 4.69) is 0 Å². The van der Waals surface area contributed by atoms with Crippen LogP contribution < -0.4 is 0 Å². The Morgan fingerprint density at radius 2 is 2.08 bits per heavy atom. The normalized spacial score (nSPS) is 37.7. The second kappa shape index (κ2) is 2.98. The van der Waals surface area contributed by atoms with Gasteiger partial charge in [0, 0.05) is 0 Å². The van der Waals surface area contributed by atoms with E-state index in [0.29, 0.717) is 0 Å². The maximum absolute atomic E-state index is 10.6. The molecule has 0 bridgehead atoms. The highest BCUT2D eigenvalue weighted by Crippen LogP contribution is 2.51. The molecule has 0 aromatic carbocycles. The van der Waals surface area contributed by atoms with E-state index >= 15 is 0 Å². The van der Waals surface area contributed by atoms with Crippen LogP contribution in [0.25, 0.3) is 0 Å². The largest absolute Gasteiger partial charge is 0.481 e. The van der Waals surface area contributed by atoms with Crippen molar-refractivity contribution in [3.05, 3.63) is 0 Å². The lowest BCUT2D eigenvalue weighted by Gasteiger charge is -2.38. The van der Waals surface area contributed by atoms with Crippen LogP contribution in [-0.2, 0) is 4.79 Å². The summed E-state index contributed by atoms with van der Waals surface area (Å²) in [7, 11) is 0. The van der Waals surface area contributed by atoms with Gasteiger partial charge in [-0.3, -0.25) is 4.79 Å². The second-order valence-corrected chi connectivity index (χ2v) is 4.82. The third kappa shape index (κ3) is 1.57. The Bertz CT molecular complexity index is 222. The Hall–Kier alpha value is -0.570. The van der Waals surface area contributed by atoms with Crippen LogP contribution in [0.1, 0.15) is 40.0 Å². The summed E-state index contributed by atoms with van der Waals surface area (Å²) in [5.74, 6) is -0.831. The maximum atomic E-state index is 10.6. The van der Waals surface area contributed by atoms with Crippen molar-refractivity contribution in [3.63, 3.8) is 0 Å². The second-order valence-electron chi connectivity index (χ2n) is 4.82. The van der Waals surface area contributed by atoms with Crippen molar-refractivity contribution in [2.45, 2.75) is 45.6 Å². The van der Waals surface area contributed by atoms with Gasteiger partial charge in [0.1, 0.15) is 0 Å². The lowest BCUT2D eigenvalue weighted by atomic mass is 9.72. The number of aliphatic carboxylic acids is 1. The molecule has 0 amide bonds. The fraction of sp³-hybridized carbons (Fsp3) is 0.900. The minimum atomic E-state index is -1.03. The van der Waals surface area contributed by atoms with E-state index in [4.69, 9.17) is 5.11 Å². The van der Waals surface area contributed by atoms with Gasteiger partial charge in [-0.25, -0.2) is 0 Å². The molecule has 0 saturated heterocycles. The maximum Gasteiger partial charge on any atom is 0.306 e. The summed E-state index contributed by atoms with van der Waals surface area (Å²) >= 11 is 0. The molecule has 1 aliphatic rings. The minimum Gasteiger partial charge on any atom is -0.481 e. The Kier molecular flexibility index (Phi) is 2.41. The molecule has 0 heterocycles. The molecule has 0 aliphatic heterocycles. The Morgan fingerprint density at radius 3 is 2.38 bits per heavy atom. The van der Waals surface area contributed by atoms with Crippen LogP contribution in [0.5, 0.6) is 0 Å². The quantitative estimate of drug-likeness (QED) is 0.689. The van der Waals surface area contributed by atoms with Crippen molar-refractivity contribution in [2.75, 3.05) is 0 Å². The molecule has 2 N–H and O–H groups in total. The third-order valence-electron chi connectivity index (χ3n) is 3.61. The lowest BCUT2D eigenvalue weighted by Crippen LogP contribution is -2.45. The molecule has 3 heteroatoms. The Labute approximate surface area is 78.8 Å². The zero-order valence-corrected chi connectivity index (χ0v) is 8.50. The minimum absolute atomic E-state index is 0.0820. The Morgan fingerprint density at radius 1 is 1.54 bits per heavy atom. The molecule has 1 saturated carbocycles. The number of hydrogen-bond acceptors (Lipinski definition) is 2. The molecule has 13 heavy (non-hydrogen) atoms. The zero-order chi connectivity index (χ0) is 10.3. The lowest BCUT2D eigenvalue weighted by molar-refractivity contribution is -0.150. The molecule has 1 rings (SSSR count). The van der Waals surface area contributed by atoms with Gasteiger partial charge in [0.15, 0.2) is 0 Å². The fourth-order valence-electron chi connectivity index (χ4n) is 2.34. The number of carboxylic acids is 1. The summed E-state index contributed by atoms with van der Waals surface area (Å²) in [4.78, 5) is 10.6. The Balaban J connectivity index is 2.89. The predicted octanol–water partition coefficient (Wildman–Crippen LogP) is 1.65. The molecule has 0 spiro atoms. The van der Waals surface area contributed by atoms with Crippen LogP contribution in [-0.4, -0.2) is 21.8 Å². The fourth-order valence-corrected chi connectivity index (χ4v) is 2.34. The smallest absolute Gasteiger partial charge is 0.306 e. The summed E-state index contributed by atoms with van der Waals surface area (Å²) in [5, 5.41) is 19.0. The molecule has 0 aromatic rings. The van der Waals surface area contributed by atoms with E-state index in [9.17, 15) is 9.90 Å². The van der Waals surface area contributed by atoms with Crippen molar-refractivity contribution in [2.24, 2.45) is 11.3 Å². The van der Waals surface area contributed by atoms with Gasteiger partial charge in [-0.15, -0.1) is 0 Å². The van der Waals surface area contributed by atoms with Crippen molar-refractivity contribution in [3.8, 4) is 0 Å². The first-order chi connectivity index (χ1) is 5.79. The van der Waals surface area contributed by atoms with Gasteiger partial charge in [0.05, 0.1) is 12.0 Å². The van der Waals surface area contributed by atoms with Crippen LogP contribution >= 0.6 is 0 Å². The van der Waals surface area contributed by atoms with E-state index in [1.165, 1.54) is 0 Å². The average molecular weight is 186 g/mol. The van der Waals surface area contributed by atoms with Crippen LogP contribution in [0.3, 0.4) is 0 Å². The molecular formula is C10H18O3. The van der Waals surface area contributed by atoms with E-state index in [-0.39, 0.29) is 17.8 Å². The highest BCUT2D eigenvalue weighted by atomic mass is 16.4.